The molecule has 0 spiro atoms. The van der Waals surface area contributed by atoms with Crippen LogP contribution in [0.1, 0.15) is 24.0 Å². The minimum Gasteiger partial charge on any atom is -0.439 e. The van der Waals surface area contributed by atoms with Crippen LogP contribution in [0.3, 0.4) is 0 Å². The average molecular weight is 393 g/mol. The fraction of sp³-hybridized carbons (Fsp3) is 0.400. The number of urea groups is 1. The molecule has 1 saturated heterocycles. The van der Waals surface area contributed by atoms with Crippen LogP contribution in [0.5, 0.6) is 11.6 Å². The van der Waals surface area contributed by atoms with E-state index < -0.39 is 11.7 Å². The van der Waals surface area contributed by atoms with E-state index in [2.05, 4.69) is 10.3 Å². The standard InChI is InChI=1S/C20H22F3N3O2/c1-24-19(27)26-9-7-14(8-10-26)11-15-3-2-4-17(12-15)28-18-6-5-16(13-25-18)20(21,22)23/h2-6,12-14H,7-11H2,1H3,(H,24,27). The highest BCUT2D eigenvalue weighted by Crippen LogP contribution is 2.30. The van der Waals surface area contributed by atoms with Crippen LogP contribution >= 0.6 is 0 Å². The van der Waals surface area contributed by atoms with Crippen LogP contribution in [0.4, 0.5) is 18.0 Å². The van der Waals surface area contributed by atoms with E-state index in [0.29, 0.717) is 11.7 Å². The van der Waals surface area contributed by atoms with E-state index >= 15 is 0 Å². The van der Waals surface area contributed by atoms with Gasteiger partial charge in [0.05, 0.1) is 5.56 Å². The van der Waals surface area contributed by atoms with E-state index in [1.807, 2.05) is 23.1 Å². The summed E-state index contributed by atoms with van der Waals surface area (Å²) in [5, 5.41) is 2.64. The van der Waals surface area contributed by atoms with E-state index in [1.54, 1.807) is 13.1 Å². The van der Waals surface area contributed by atoms with E-state index in [-0.39, 0.29) is 11.9 Å². The van der Waals surface area contributed by atoms with Crippen LogP contribution in [0.15, 0.2) is 42.6 Å². The Kier molecular flexibility index (Phi) is 6.06. The quantitative estimate of drug-likeness (QED) is 0.833. The highest BCUT2D eigenvalue weighted by molar-refractivity contribution is 5.73. The van der Waals surface area contributed by atoms with E-state index in [9.17, 15) is 18.0 Å². The van der Waals surface area contributed by atoms with Crippen molar-refractivity contribution in [1.82, 2.24) is 15.2 Å². The van der Waals surface area contributed by atoms with Crippen molar-refractivity contribution in [2.24, 2.45) is 5.92 Å². The van der Waals surface area contributed by atoms with Gasteiger partial charge in [0.15, 0.2) is 0 Å². The van der Waals surface area contributed by atoms with Gasteiger partial charge in [-0.15, -0.1) is 0 Å². The molecule has 2 heterocycles. The largest absolute Gasteiger partial charge is 0.439 e. The molecule has 1 N–H and O–H groups in total. The number of rotatable bonds is 4. The summed E-state index contributed by atoms with van der Waals surface area (Å²) >= 11 is 0. The zero-order valence-electron chi connectivity index (χ0n) is 15.5. The summed E-state index contributed by atoms with van der Waals surface area (Å²) in [6, 6.07) is 9.60. The number of alkyl halides is 3. The van der Waals surface area contributed by atoms with Gasteiger partial charge < -0.3 is 15.0 Å². The van der Waals surface area contributed by atoms with Gasteiger partial charge >= 0.3 is 12.2 Å². The van der Waals surface area contributed by atoms with Gasteiger partial charge in [-0.25, -0.2) is 9.78 Å². The highest BCUT2D eigenvalue weighted by atomic mass is 19.4. The number of piperidine rings is 1. The Hall–Kier alpha value is -2.77. The van der Waals surface area contributed by atoms with Gasteiger partial charge in [-0.3, -0.25) is 0 Å². The van der Waals surface area contributed by atoms with Crippen LogP contribution in [0.2, 0.25) is 0 Å². The molecule has 150 valence electrons. The first-order chi connectivity index (χ1) is 13.3. The fourth-order valence-corrected chi connectivity index (χ4v) is 3.30. The number of nitrogens with one attached hydrogen (secondary N) is 1. The number of hydrogen-bond donors (Lipinski definition) is 1. The molecular weight excluding hydrogens is 371 g/mol. The molecule has 0 radical (unpaired) electrons. The van der Waals surface area contributed by atoms with Crippen molar-refractivity contribution in [3.63, 3.8) is 0 Å². The van der Waals surface area contributed by atoms with E-state index in [4.69, 9.17) is 4.74 Å². The second kappa shape index (κ2) is 8.50. The number of carbonyl (C=O) groups is 1. The van der Waals surface area contributed by atoms with Crippen LogP contribution in [0, 0.1) is 5.92 Å². The second-order valence-electron chi connectivity index (χ2n) is 6.82. The Labute approximate surface area is 161 Å². The van der Waals surface area contributed by atoms with Gasteiger partial charge in [0.25, 0.3) is 0 Å². The number of halogens is 3. The molecule has 1 aromatic carbocycles. The summed E-state index contributed by atoms with van der Waals surface area (Å²) in [5.74, 6) is 1.12. The first-order valence-corrected chi connectivity index (χ1v) is 9.12. The number of benzene rings is 1. The van der Waals surface area contributed by atoms with Crippen molar-refractivity contribution in [2.45, 2.75) is 25.4 Å². The molecular formula is C20H22F3N3O2. The lowest BCUT2D eigenvalue weighted by molar-refractivity contribution is -0.137. The first kappa shape index (κ1) is 20.0. The van der Waals surface area contributed by atoms with Crippen molar-refractivity contribution >= 4 is 6.03 Å². The molecule has 1 aliphatic heterocycles. The zero-order valence-corrected chi connectivity index (χ0v) is 15.5. The Balaban J connectivity index is 1.58. The number of amides is 2. The molecule has 1 aromatic heterocycles. The molecule has 1 aliphatic rings. The van der Waals surface area contributed by atoms with Gasteiger partial charge in [-0.1, -0.05) is 12.1 Å². The Morgan fingerprint density at radius 1 is 1.25 bits per heavy atom. The molecule has 0 bridgehead atoms. The summed E-state index contributed by atoms with van der Waals surface area (Å²) in [4.78, 5) is 17.2. The number of aromatic nitrogens is 1. The molecule has 1 fully saturated rings. The summed E-state index contributed by atoms with van der Waals surface area (Å²) in [6.45, 7) is 1.46. The van der Waals surface area contributed by atoms with Crippen LogP contribution in [-0.2, 0) is 12.6 Å². The maximum Gasteiger partial charge on any atom is 0.417 e. The Morgan fingerprint density at radius 2 is 2.00 bits per heavy atom. The number of pyridine rings is 1. The summed E-state index contributed by atoms with van der Waals surface area (Å²) in [6.07, 6.45) is -0.935. The SMILES string of the molecule is CNC(=O)N1CCC(Cc2cccc(Oc3ccc(C(F)(F)F)cn3)c2)CC1. The first-order valence-electron chi connectivity index (χ1n) is 9.12. The molecule has 5 nitrogen and oxygen atoms in total. The van der Waals surface area contributed by atoms with Gasteiger partial charge in [0, 0.05) is 32.4 Å². The molecule has 28 heavy (non-hydrogen) atoms. The third-order valence-electron chi connectivity index (χ3n) is 4.82. The molecule has 0 saturated carbocycles. The zero-order chi connectivity index (χ0) is 20.1. The minimum absolute atomic E-state index is 0.0436. The van der Waals surface area contributed by atoms with E-state index in [0.717, 1.165) is 50.2 Å². The summed E-state index contributed by atoms with van der Waals surface area (Å²) in [5.41, 5.74) is 0.277. The van der Waals surface area contributed by atoms with Gasteiger partial charge in [0.1, 0.15) is 5.75 Å². The Bertz CT molecular complexity index is 801. The Morgan fingerprint density at radius 3 is 2.61 bits per heavy atom. The fourth-order valence-electron chi connectivity index (χ4n) is 3.30. The lowest BCUT2D eigenvalue weighted by Gasteiger charge is -2.31. The van der Waals surface area contributed by atoms with E-state index in [1.165, 1.54) is 6.07 Å². The molecule has 2 amide bonds. The van der Waals surface area contributed by atoms with Crippen LogP contribution in [-0.4, -0.2) is 36.1 Å². The van der Waals surface area contributed by atoms with Crippen molar-refractivity contribution in [3.05, 3.63) is 53.7 Å². The maximum atomic E-state index is 12.6. The second-order valence-corrected chi connectivity index (χ2v) is 6.82. The third-order valence-corrected chi connectivity index (χ3v) is 4.82. The van der Waals surface area contributed by atoms with Gasteiger partial charge in [-0.2, -0.15) is 13.2 Å². The normalized spacial score (nSPS) is 15.4. The molecule has 0 unspecified atom stereocenters. The van der Waals surface area contributed by atoms with Crippen LogP contribution < -0.4 is 10.1 Å². The lowest BCUT2D eigenvalue weighted by Crippen LogP contribution is -2.43. The third kappa shape index (κ3) is 5.15. The van der Waals surface area contributed by atoms with Crippen molar-refractivity contribution in [3.8, 4) is 11.6 Å². The number of nitrogens with zero attached hydrogens (tertiary/aromatic N) is 2. The summed E-state index contributed by atoms with van der Waals surface area (Å²) in [7, 11) is 1.63. The topological polar surface area (TPSA) is 54.5 Å². The minimum atomic E-state index is -4.42. The number of hydrogen-bond acceptors (Lipinski definition) is 3. The van der Waals surface area contributed by atoms with Crippen molar-refractivity contribution in [1.29, 1.82) is 0 Å². The van der Waals surface area contributed by atoms with Gasteiger partial charge in [-0.05, 0) is 48.9 Å². The number of carbonyl (C=O) groups excluding carboxylic acids is 1. The number of likely N-dealkylation sites (tertiary alicyclic amines) is 1. The smallest absolute Gasteiger partial charge is 0.417 e. The van der Waals surface area contributed by atoms with Crippen molar-refractivity contribution in [2.75, 3.05) is 20.1 Å². The number of ether oxygens (including phenoxy) is 1. The molecule has 2 aromatic rings. The van der Waals surface area contributed by atoms with Crippen LogP contribution in [0.25, 0.3) is 0 Å². The predicted molar refractivity (Wildman–Crippen MR) is 98.2 cm³/mol. The molecule has 8 heteroatoms. The molecule has 0 aliphatic carbocycles. The average Bonchev–Trinajstić information content (AvgIpc) is 2.68. The summed E-state index contributed by atoms with van der Waals surface area (Å²) < 4.78 is 43.4. The molecule has 0 atom stereocenters. The van der Waals surface area contributed by atoms with Gasteiger partial charge in [0.2, 0.25) is 5.88 Å². The highest BCUT2D eigenvalue weighted by Gasteiger charge is 2.30. The molecule has 3 rings (SSSR count). The monoisotopic (exact) mass is 393 g/mol. The maximum absolute atomic E-state index is 12.6. The van der Waals surface area contributed by atoms with Crippen molar-refractivity contribution < 1.29 is 22.7 Å². The lowest BCUT2D eigenvalue weighted by atomic mass is 9.90. The predicted octanol–water partition coefficient (Wildman–Crippen LogP) is 4.49.